The Balaban J connectivity index is 1.61. The van der Waals surface area contributed by atoms with Crippen LogP contribution in [0.25, 0.3) is 0 Å². The van der Waals surface area contributed by atoms with E-state index in [1.165, 1.54) is 31.6 Å². The van der Waals surface area contributed by atoms with Crippen LogP contribution in [0.15, 0.2) is 18.3 Å². The van der Waals surface area contributed by atoms with Crippen LogP contribution in [0.5, 0.6) is 5.88 Å². The number of hydrogen-bond acceptors (Lipinski definition) is 4. The van der Waals surface area contributed by atoms with Crippen LogP contribution >= 0.6 is 0 Å². The number of hydrogen-bond donors (Lipinski definition) is 0. The van der Waals surface area contributed by atoms with E-state index in [1.54, 1.807) is 7.11 Å². The fourth-order valence-electron chi connectivity index (χ4n) is 3.13. The molecule has 0 spiro atoms. The molecule has 4 rings (SSSR count). The van der Waals surface area contributed by atoms with E-state index in [4.69, 9.17) is 4.74 Å². The molecule has 0 aromatic carbocycles. The number of nitrogens with zero attached hydrogens (tertiary/aromatic N) is 3. The highest BCUT2D eigenvalue weighted by Crippen LogP contribution is 2.33. The molecule has 4 heteroatoms. The second kappa shape index (κ2) is 4.86. The summed E-state index contributed by atoms with van der Waals surface area (Å²) in [6.07, 6.45) is 3.31. The Morgan fingerprint density at radius 2 is 2.11 bits per heavy atom. The van der Waals surface area contributed by atoms with Gasteiger partial charge >= 0.3 is 0 Å². The van der Waals surface area contributed by atoms with Gasteiger partial charge in [0, 0.05) is 44.0 Å². The molecule has 3 aliphatic rings. The summed E-state index contributed by atoms with van der Waals surface area (Å²) < 4.78 is 5.09. The van der Waals surface area contributed by atoms with Crippen molar-refractivity contribution in [3.05, 3.63) is 23.9 Å². The summed E-state index contributed by atoms with van der Waals surface area (Å²) >= 11 is 0. The predicted molar refractivity (Wildman–Crippen MR) is 70.6 cm³/mol. The molecule has 0 saturated carbocycles. The number of ether oxygens (including phenoxy) is 1. The lowest BCUT2D eigenvalue weighted by Gasteiger charge is -2.56. The quantitative estimate of drug-likeness (QED) is 0.803. The minimum absolute atomic E-state index is 0.694. The van der Waals surface area contributed by atoms with E-state index in [1.807, 2.05) is 12.3 Å². The first-order chi connectivity index (χ1) is 8.80. The SMILES string of the molecule is CCN1CC2CC(C1)N2Cc1ccc(OC)nc1. The fraction of sp³-hybridized carbons (Fsp3) is 0.643. The molecule has 2 atom stereocenters. The van der Waals surface area contributed by atoms with Crippen LogP contribution in [0.1, 0.15) is 18.9 Å². The van der Waals surface area contributed by atoms with Crippen LogP contribution in [-0.2, 0) is 6.54 Å². The molecule has 0 amide bonds. The molecule has 0 aliphatic carbocycles. The summed E-state index contributed by atoms with van der Waals surface area (Å²) in [7, 11) is 1.65. The lowest BCUT2D eigenvalue weighted by Crippen LogP contribution is -2.67. The van der Waals surface area contributed by atoms with Gasteiger partial charge in [-0.1, -0.05) is 13.0 Å². The molecule has 3 saturated heterocycles. The van der Waals surface area contributed by atoms with Crippen molar-refractivity contribution in [1.82, 2.24) is 14.8 Å². The number of methoxy groups -OCH3 is 1. The van der Waals surface area contributed by atoms with E-state index in [0.29, 0.717) is 5.88 Å². The smallest absolute Gasteiger partial charge is 0.212 e. The lowest BCUT2D eigenvalue weighted by molar-refractivity contribution is -0.0732. The highest BCUT2D eigenvalue weighted by atomic mass is 16.5. The molecule has 0 N–H and O–H groups in total. The first kappa shape index (κ1) is 11.9. The molecule has 0 radical (unpaired) electrons. The summed E-state index contributed by atoms with van der Waals surface area (Å²) in [4.78, 5) is 9.45. The van der Waals surface area contributed by atoms with Crippen molar-refractivity contribution in [2.24, 2.45) is 0 Å². The van der Waals surface area contributed by atoms with Gasteiger partial charge in [-0.2, -0.15) is 0 Å². The number of aromatic nitrogens is 1. The van der Waals surface area contributed by atoms with E-state index < -0.39 is 0 Å². The summed E-state index contributed by atoms with van der Waals surface area (Å²) in [6, 6.07) is 5.58. The Morgan fingerprint density at radius 1 is 1.33 bits per heavy atom. The normalized spacial score (nSPS) is 27.9. The minimum atomic E-state index is 0.694. The molecule has 2 bridgehead atoms. The van der Waals surface area contributed by atoms with Crippen LogP contribution in [-0.4, -0.2) is 53.6 Å². The number of rotatable bonds is 4. The van der Waals surface area contributed by atoms with Gasteiger partial charge in [0.15, 0.2) is 0 Å². The third kappa shape index (κ3) is 2.10. The zero-order valence-electron chi connectivity index (χ0n) is 11.2. The lowest BCUT2D eigenvalue weighted by atomic mass is 9.87. The molecule has 3 fully saturated rings. The van der Waals surface area contributed by atoms with Crippen LogP contribution < -0.4 is 4.74 Å². The van der Waals surface area contributed by atoms with Crippen LogP contribution in [0.3, 0.4) is 0 Å². The van der Waals surface area contributed by atoms with Crippen LogP contribution in [0, 0.1) is 0 Å². The molecule has 4 nitrogen and oxygen atoms in total. The number of pyridine rings is 1. The Labute approximate surface area is 109 Å². The molecular weight excluding hydrogens is 226 g/mol. The van der Waals surface area contributed by atoms with Crippen molar-refractivity contribution in [3.8, 4) is 5.88 Å². The van der Waals surface area contributed by atoms with Crippen LogP contribution in [0.2, 0.25) is 0 Å². The highest BCUT2D eigenvalue weighted by Gasteiger charge is 2.43. The third-order valence-corrected chi connectivity index (χ3v) is 4.24. The van der Waals surface area contributed by atoms with E-state index in [0.717, 1.165) is 18.6 Å². The number of piperazine rings is 1. The summed E-state index contributed by atoms with van der Waals surface area (Å²) in [5.41, 5.74) is 1.29. The fourth-order valence-corrected chi connectivity index (χ4v) is 3.13. The molecule has 1 aromatic rings. The number of likely N-dealkylation sites (N-methyl/N-ethyl adjacent to an activating group) is 1. The second-order valence-electron chi connectivity index (χ2n) is 5.28. The molecule has 98 valence electrons. The van der Waals surface area contributed by atoms with Crippen molar-refractivity contribution >= 4 is 0 Å². The van der Waals surface area contributed by atoms with Gasteiger partial charge < -0.3 is 9.64 Å². The maximum absolute atomic E-state index is 5.09. The summed E-state index contributed by atoms with van der Waals surface area (Å²) in [5.74, 6) is 0.694. The summed E-state index contributed by atoms with van der Waals surface area (Å²) in [6.45, 7) is 6.93. The van der Waals surface area contributed by atoms with Gasteiger partial charge in [-0.25, -0.2) is 4.98 Å². The monoisotopic (exact) mass is 247 g/mol. The van der Waals surface area contributed by atoms with Crippen molar-refractivity contribution in [1.29, 1.82) is 0 Å². The van der Waals surface area contributed by atoms with Crippen molar-refractivity contribution in [2.75, 3.05) is 26.7 Å². The van der Waals surface area contributed by atoms with E-state index >= 15 is 0 Å². The molecular formula is C14H21N3O. The topological polar surface area (TPSA) is 28.6 Å². The average molecular weight is 247 g/mol. The summed E-state index contributed by atoms with van der Waals surface area (Å²) in [5, 5.41) is 0. The zero-order valence-corrected chi connectivity index (χ0v) is 11.2. The average Bonchev–Trinajstić information content (AvgIpc) is 2.45. The Bertz CT molecular complexity index is 394. The molecule has 2 unspecified atom stereocenters. The second-order valence-corrected chi connectivity index (χ2v) is 5.28. The van der Waals surface area contributed by atoms with Crippen molar-refractivity contribution < 1.29 is 4.74 Å². The van der Waals surface area contributed by atoms with Gasteiger partial charge in [0.2, 0.25) is 5.88 Å². The van der Waals surface area contributed by atoms with Crippen molar-refractivity contribution in [2.45, 2.75) is 32.0 Å². The first-order valence-corrected chi connectivity index (χ1v) is 6.77. The number of fused-ring (bicyclic) bond motifs is 2. The third-order valence-electron chi connectivity index (χ3n) is 4.24. The van der Waals surface area contributed by atoms with Gasteiger partial charge in [0.25, 0.3) is 0 Å². The predicted octanol–water partition coefficient (Wildman–Crippen LogP) is 1.37. The van der Waals surface area contributed by atoms with Gasteiger partial charge in [0.05, 0.1) is 7.11 Å². The molecule has 3 aliphatic heterocycles. The van der Waals surface area contributed by atoms with Gasteiger partial charge in [-0.3, -0.25) is 4.90 Å². The van der Waals surface area contributed by atoms with E-state index in [-0.39, 0.29) is 0 Å². The first-order valence-electron chi connectivity index (χ1n) is 6.77. The standard InChI is InChI=1S/C14H21N3O/c1-3-16-9-12-6-13(10-16)17(12)8-11-4-5-14(18-2)15-7-11/h4-5,7,12-13H,3,6,8-10H2,1-2H3. The largest absolute Gasteiger partial charge is 0.481 e. The van der Waals surface area contributed by atoms with Gasteiger partial charge in [-0.05, 0) is 18.5 Å². The van der Waals surface area contributed by atoms with Gasteiger partial charge in [0.1, 0.15) is 0 Å². The Hall–Kier alpha value is -1.13. The Kier molecular flexibility index (Phi) is 3.22. The maximum atomic E-state index is 5.09. The van der Waals surface area contributed by atoms with Crippen LogP contribution in [0.4, 0.5) is 0 Å². The molecule has 4 heterocycles. The Morgan fingerprint density at radius 3 is 2.67 bits per heavy atom. The van der Waals surface area contributed by atoms with E-state index in [9.17, 15) is 0 Å². The highest BCUT2D eigenvalue weighted by molar-refractivity contribution is 5.18. The van der Waals surface area contributed by atoms with Gasteiger partial charge in [-0.15, -0.1) is 0 Å². The van der Waals surface area contributed by atoms with Crippen molar-refractivity contribution in [3.63, 3.8) is 0 Å². The molecule has 1 aromatic heterocycles. The minimum Gasteiger partial charge on any atom is -0.481 e. The number of piperidine rings is 1. The zero-order chi connectivity index (χ0) is 12.5. The molecule has 18 heavy (non-hydrogen) atoms. The van der Waals surface area contributed by atoms with E-state index in [2.05, 4.69) is 27.8 Å². The maximum Gasteiger partial charge on any atom is 0.212 e.